The van der Waals surface area contributed by atoms with Crippen molar-refractivity contribution in [3.8, 4) is 16.8 Å². The zero-order valence-electron chi connectivity index (χ0n) is 26.6. The van der Waals surface area contributed by atoms with Crippen LogP contribution in [-0.2, 0) is 0 Å². The number of rotatable bonds is 5. The molecule has 0 aliphatic heterocycles. The first kappa shape index (κ1) is 27.9. The molecule has 0 N–H and O–H groups in total. The van der Waals surface area contributed by atoms with Crippen molar-refractivity contribution in [2.75, 3.05) is 4.90 Å². The fraction of sp³-hybridized carbons (Fsp3) is 0. The summed E-state index contributed by atoms with van der Waals surface area (Å²) in [6.07, 6.45) is 0. The zero-order valence-corrected chi connectivity index (χ0v) is 27.4. The Morgan fingerprint density at radius 1 is 0.429 bits per heavy atom. The van der Waals surface area contributed by atoms with E-state index in [9.17, 15) is 0 Å². The third-order valence-electron chi connectivity index (χ3n) is 9.76. The van der Waals surface area contributed by atoms with E-state index in [1.165, 1.54) is 63.9 Å². The lowest BCUT2D eigenvalue weighted by Crippen LogP contribution is -2.11. The van der Waals surface area contributed by atoms with Crippen LogP contribution in [0.3, 0.4) is 0 Å². The van der Waals surface area contributed by atoms with Crippen molar-refractivity contribution < 1.29 is 0 Å². The molecule has 0 fully saturated rings. The molecule has 0 amide bonds. The van der Waals surface area contributed by atoms with Gasteiger partial charge in [0.15, 0.2) is 0 Å². The van der Waals surface area contributed by atoms with E-state index in [2.05, 4.69) is 191 Å². The highest BCUT2D eigenvalue weighted by molar-refractivity contribution is 7.26. The summed E-state index contributed by atoms with van der Waals surface area (Å²) in [7, 11) is 0. The maximum Gasteiger partial charge on any atom is 0.0561 e. The Balaban J connectivity index is 1.28. The molecule has 0 aliphatic carbocycles. The SMILES string of the molecule is c1ccc(-c2ccccc2N(c2ccc3ccc4sc5ccccc5c4c3c2)c2ccc3c4ccccc4n(-c4ccccc4)c3c2)cc1. The quantitative estimate of drug-likeness (QED) is 0.181. The van der Waals surface area contributed by atoms with E-state index in [-0.39, 0.29) is 0 Å². The lowest BCUT2D eigenvalue weighted by molar-refractivity contribution is 1.18. The van der Waals surface area contributed by atoms with Crippen molar-refractivity contribution in [3.05, 3.63) is 182 Å². The summed E-state index contributed by atoms with van der Waals surface area (Å²) in [4.78, 5) is 2.45. The third kappa shape index (κ3) is 4.47. The molecule has 0 spiro atoms. The minimum atomic E-state index is 1.11. The number of para-hydroxylation sites is 3. The second kappa shape index (κ2) is 11.2. The molecule has 3 heteroatoms. The van der Waals surface area contributed by atoms with Crippen molar-refractivity contribution in [1.82, 2.24) is 4.57 Å². The lowest BCUT2D eigenvalue weighted by atomic mass is 10.00. The monoisotopic (exact) mass is 642 g/mol. The predicted octanol–water partition coefficient (Wildman–Crippen LogP) is 13.4. The molecule has 0 radical (unpaired) electrons. The van der Waals surface area contributed by atoms with Crippen LogP contribution in [0, 0.1) is 0 Å². The van der Waals surface area contributed by atoms with Gasteiger partial charge in [-0.3, -0.25) is 0 Å². The van der Waals surface area contributed by atoms with Gasteiger partial charge in [-0.15, -0.1) is 11.3 Å². The van der Waals surface area contributed by atoms with Gasteiger partial charge in [-0.25, -0.2) is 0 Å². The number of aromatic nitrogens is 1. The smallest absolute Gasteiger partial charge is 0.0561 e. The van der Waals surface area contributed by atoms with E-state index in [0.29, 0.717) is 0 Å². The Kier molecular flexibility index (Phi) is 6.39. The van der Waals surface area contributed by atoms with Gasteiger partial charge in [-0.05, 0) is 77.0 Å². The summed E-state index contributed by atoms with van der Waals surface area (Å²) >= 11 is 1.87. The van der Waals surface area contributed by atoms with Gasteiger partial charge in [0.05, 0.1) is 16.7 Å². The van der Waals surface area contributed by atoms with Crippen molar-refractivity contribution in [1.29, 1.82) is 0 Å². The summed E-state index contributed by atoms with van der Waals surface area (Å²) in [5, 5.41) is 7.65. The number of fused-ring (bicyclic) bond motifs is 8. The fourth-order valence-corrected chi connectivity index (χ4v) is 8.70. The zero-order chi connectivity index (χ0) is 32.3. The largest absolute Gasteiger partial charge is 0.310 e. The van der Waals surface area contributed by atoms with Crippen molar-refractivity contribution in [3.63, 3.8) is 0 Å². The van der Waals surface area contributed by atoms with Gasteiger partial charge in [0.2, 0.25) is 0 Å². The van der Waals surface area contributed by atoms with Gasteiger partial charge in [-0.2, -0.15) is 0 Å². The molecular formula is C46H30N2S. The van der Waals surface area contributed by atoms with E-state index in [4.69, 9.17) is 0 Å². The second-order valence-electron chi connectivity index (χ2n) is 12.6. The first-order valence-electron chi connectivity index (χ1n) is 16.7. The molecule has 2 aromatic heterocycles. The molecule has 0 saturated carbocycles. The first-order chi connectivity index (χ1) is 24.3. The van der Waals surface area contributed by atoms with Crippen LogP contribution in [0.15, 0.2) is 182 Å². The maximum atomic E-state index is 2.45. The molecule has 0 unspecified atom stereocenters. The average molecular weight is 643 g/mol. The number of hydrogen-bond donors (Lipinski definition) is 0. The summed E-state index contributed by atoms with van der Waals surface area (Å²) < 4.78 is 5.04. The molecule has 10 aromatic rings. The highest BCUT2D eigenvalue weighted by Gasteiger charge is 2.21. The van der Waals surface area contributed by atoms with Crippen molar-refractivity contribution in [2.45, 2.75) is 0 Å². The normalized spacial score (nSPS) is 11.7. The van der Waals surface area contributed by atoms with Crippen LogP contribution in [0.2, 0.25) is 0 Å². The molecule has 0 aliphatic rings. The highest BCUT2D eigenvalue weighted by atomic mass is 32.1. The van der Waals surface area contributed by atoms with Crippen LogP contribution in [0.1, 0.15) is 0 Å². The maximum absolute atomic E-state index is 2.45. The van der Waals surface area contributed by atoms with E-state index in [0.717, 1.165) is 22.7 Å². The average Bonchev–Trinajstić information content (AvgIpc) is 3.72. The molecule has 230 valence electrons. The third-order valence-corrected chi connectivity index (χ3v) is 10.9. The van der Waals surface area contributed by atoms with Crippen LogP contribution in [0.4, 0.5) is 17.1 Å². The molecule has 0 atom stereocenters. The Morgan fingerprint density at radius 3 is 1.96 bits per heavy atom. The fourth-order valence-electron chi connectivity index (χ4n) is 7.58. The van der Waals surface area contributed by atoms with Crippen molar-refractivity contribution >= 4 is 81.1 Å². The molecule has 0 bridgehead atoms. The topological polar surface area (TPSA) is 8.17 Å². The van der Waals surface area contributed by atoms with Crippen LogP contribution >= 0.6 is 11.3 Å². The number of hydrogen-bond acceptors (Lipinski definition) is 2. The number of benzene rings is 8. The van der Waals surface area contributed by atoms with E-state index in [1.54, 1.807) is 0 Å². The standard InChI is InChI=1S/C46H30N2S/c1-3-13-31(14-4-1)36-17-7-10-20-41(36)47(34-25-23-32-24-28-45-46(40(32)29-34)39-19-9-12-22-44(39)49-45)35-26-27-38-37-18-8-11-21-42(37)48(43(38)30-35)33-15-5-2-6-16-33/h1-30H. The van der Waals surface area contributed by atoms with E-state index in [1.807, 2.05) is 11.3 Å². The molecule has 8 aromatic carbocycles. The molecular weight excluding hydrogens is 613 g/mol. The van der Waals surface area contributed by atoms with Crippen LogP contribution < -0.4 is 4.90 Å². The van der Waals surface area contributed by atoms with E-state index < -0.39 is 0 Å². The summed E-state index contributed by atoms with van der Waals surface area (Å²) in [6.45, 7) is 0. The van der Waals surface area contributed by atoms with Crippen LogP contribution in [0.25, 0.3) is 69.6 Å². The van der Waals surface area contributed by atoms with Crippen LogP contribution in [-0.4, -0.2) is 4.57 Å². The number of nitrogens with zero attached hydrogens (tertiary/aromatic N) is 2. The minimum Gasteiger partial charge on any atom is -0.310 e. The highest BCUT2D eigenvalue weighted by Crippen LogP contribution is 2.45. The molecule has 2 nitrogen and oxygen atoms in total. The van der Waals surface area contributed by atoms with Gasteiger partial charge < -0.3 is 9.47 Å². The molecule has 10 rings (SSSR count). The Hall–Kier alpha value is -6.16. The molecule has 2 heterocycles. The summed E-state index contributed by atoms with van der Waals surface area (Å²) in [5.41, 5.74) is 9.28. The van der Waals surface area contributed by atoms with E-state index >= 15 is 0 Å². The van der Waals surface area contributed by atoms with Crippen molar-refractivity contribution in [2.24, 2.45) is 0 Å². The first-order valence-corrected chi connectivity index (χ1v) is 17.5. The number of thiophene rings is 1. The molecule has 0 saturated heterocycles. The van der Waals surface area contributed by atoms with Gasteiger partial charge in [0.25, 0.3) is 0 Å². The molecule has 49 heavy (non-hydrogen) atoms. The predicted molar refractivity (Wildman–Crippen MR) is 211 cm³/mol. The van der Waals surface area contributed by atoms with Gasteiger partial charge in [-0.1, -0.05) is 121 Å². The Labute approximate surface area is 288 Å². The minimum absolute atomic E-state index is 1.11. The Morgan fingerprint density at radius 2 is 1.08 bits per heavy atom. The van der Waals surface area contributed by atoms with Crippen LogP contribution in [0.5, 0.6) is 0 Å². The van der Waals surface area contributed by atoms with Gasteiger partial charge >= 0.3 is 0 Å². The number of anilines is 3. The lowest BCUT2D eigenvalue weighted by Gasteiger charge is -2.28. The van der Waals surface area contributed by atoms with Gasteiger partial charge in [0.1, 0.15) is 0 Å². The summed E-state index contributed by atoms with van der Waals surface area (Å²) in [6, 6.07) is 66.2. The Bertz CT molecular complexity index is 2830. The second-order valence-corrected chi connectivity index (χ2v) is 13.6. The van der Waals surface area contributed by atoms with Gasteiger partial charge in [0, 0.05) is 53.6 Å². The summed E-state index contributed by atoms with van der Waals surface area (Å²) in [5.74, 6) is 0.